The lowest BCUT2D eigenvalue weighted by Crippen LogP contribution is -2.40. The maximum Gasteiger partial charge on any atom is 0.0237 e. The number of aryl methyl sites for hydroxylation is 1. The number of hydrogen-bond acceptors (Lipinski definition) is 2. The Balaban J connectivity index is 1.54. The van der Waals surface area contributed by atoms with E-state index in [9.17, 15) is 0 Å². The highest BCUT2D eigenvalue weighted by molar-refractivity contribution is 5.36. The highest BCUT2D eigenvalue weighted by Crippen LogP contribution is 2.21. The Morgan fingerprint density at radius 1 is 0.947 bits per heavy atom. The summed E-state index contributed by atoms with van der Waals surface area (Å²) in [5.41, 5.74) is 4.65. The topological polar surface area (TPSA) is 6.48 Å². The SMILES string of the molecule is Cc1cccc2c1CCN(CCN1CCCCC1)C2. The van der Waals surface area contributed by atoms with Gasteiger partial charge in [0.25, 0.3) is 0 Å². The number of nitrogens with zero attached hydrogens (tertiary/aromatic N) is 2. The van der Waals surface area contributed by atoms with Crippen LogP contribution in [-0.2, 0) is 13.0 Å². The molecule has 0 aliphatic carbocycles. The van der Waals surface area contributed by atoms with E-state index in [0.717, 1.165) is 6.54 Å². The molecule has 2 aliphatic rings. The second-order valence-corrected chi connectivity index (χ2v) is 6.14. The number of hydrogen-bond donors (Lipinski definition) is 0. The van der Waals surface area contributed by atoms with Gasteiger partial charge in [0.15, 0.2) is 0 Å². The lowest BCUT2D eigenvalue weighted by atomic mass is 9.95. The third-order valence-electron chi connectivity index (χ3n) is 4.76. The standard InChI is InChI=1S/C17H26N2/c1-15-6-5-7-16-14-19(11-8-17(15)16)13-12-18-9-3-2-4-10-18/h5-7H,2-4,8-14H2,1H3. The number of likely N-dealkylation sites (tertiary alicyclic amines) is 1. The van der Waals surface area contributed by atoms with Crippen molar-refractivity contribution in [1.29, 1.82) is 0 Å². The van der Waals surface area contributed by atoms with Gasteiger partial charge < -0.3 is 4.90 Å². The van der Waals surface area contributed by atoms with Crippen LogP contribution in [-0.4, -0.2) is 42.5 Å². The Morgan fingerprint density at radius 2 is 1.74 bits per heavy atom. The predicted molar refractivity (Wildman–Crippen MR) is 80.5 cm³/mol. The first-order chi connectivity index (χ1) is 9.33. The molecule has 0 atom stereocenters. The normalized spacial score (nSPS) is 21.3. The first-order valence-corrected chi connectivity index (χ1v) is 7.85. The van der Waals surface area contributed by atoms with Crippen molar-refractivity contribution < 1.29 is 0 Å². The van der Waals surface area contributed by atoms with Crippen molar-refractivity contribution in [3.8, 4) is 0 Å². The maximum absolute atomic E-state index is 2.65. The van der Waals surface area contributed by atoms with E-state index in [1.807, 2.05) is 0 Å². The molecule has 0 amide bonds. The molecular weight excluding hydrogens is 232 g/mol. The van der Waals surface area contributed by atoms with Gasteiger partial charge in [0.2, 0.25) is 0 Å². The van der Waals surface area contributed by atoms with Gasteiger partial charge in [-0.3, -0.25) is 4.90 Å². The fourth-order valence-electron chi connectivity index (χ4n) is 3.52. The zero-order chi connectivity index (χ0) is 13.1. The monoisotopic (exact) mass is 258 g/mol. The molecule has 0 bridgehead atoms. The molecule has 1 aromatic carbocycles. The summed E-state index contributed by atoms with van der Waals surface area (Å²) in [6.07, 6.45) is 5.49. The van der Waals surface area contributed by atoms with Gasteiger partial charge in [0.05, 0.1) is 0 Å². The first-order valence-electron chi connectivity index (χ1n) is 7.85. The van der Waals surface area contributed by atoms with Crippen LogP contribution >= 0.6 is 0 Å². The van der Waals surface area contributed by atoms with Gasteiger partial charge in [-0.25, -0.2) is 0 Å². The van der Waals surface area contributed by atoms with Crippen LogP contribution in [0.5, 0.6) is 0 Å². The van der Waals surface area contributed by atoms with Crippen LogP contribution in [0.4, 0.5) is 0 Å². The zero-order valence-electron chi connectivity index (χ0n) is 12.2. The molecule has 19 heavy (non-hydrogen) atoms. The van der Waals surface area contributed by atoms with Crippen LogP contribution in [0.1, 0.15) is 36.0 Å². The number of benzene rings is 1. The number of rotatable bonds is 3. The average Bonchev–Trinajstić information content (AvgIpc) is 2.46. The Morgan fingerprint density at radius 3 is 2.58 bits per heavy atom. The summed E-state index contributed by atoms with van der Waals surface area (Å²) in [6, 6.07) is 6.78. The molecule has 0 unspecified atom stereocenters. The van der Waals surface area contributed by atoms with Crippen molar-refractivity contribution in [2.24, 2.45) is 0 Å². The van der Waals surface area contributed by atoms with Crippen molar-refractivity contribution in [2.45, 2.75) is 39.2 Å². The molecule has 1 aromatic rings. The Hall–Kier alpha value is -0.860. The lowest BCUT2D eigenvalue weighted by molar-refractivity contribution is 0.173. The third kappa shape index (κ3) is 3.18. The minimum absolute atomic E-state index is 1.16. The predicted octanol–water partition coefficient (Wildman–Crippen LogP) is 2.84. The van der Waals surface area contributed by atoms with E-state index >= 15 is 0 Å². The van der Waals surface area contributed by atoms with Crippen molar-refractivity contribution in [1.82, 2.24) is 9.80 Å². The Kier molecular flexibility index (Phi) is 4.19. The first kappa shape index (κ1) is 13.1. The molecule has 2 heterocycles. The highest BCUT2D eigenvalue weighted by atomic mass is 15.2. The van der Waals surface area contributed by atoms with E-state index in [-0.39, 0.29) is 0 Å². The van der Waals surface area contributed by atoms with E-state index in [4.69, 9.17) is 0 Å². The van der Waals surface area contributed by atoms with E-state index in [2.05, 4.69) is 34.9 Å². The third-order valence-corrected chi connectivity index (χ3v) is 4.76. The molecule has 0 saturated carbocycles. The summed E-state index contributed by atoms with van der Waals surface area (Å²) in [5, 5.41) is 0. The minimum atomic E-state index is 1.16. The molecule has 0 N–H and O–H groups in total. The second kappa shape index (κ2) is 6.06. The van der Waals surface area contributed by atoms with Gasteiger partial charge >= 0.3 is 0 Å². The molecule has 0 aromatic heterocycles. The van der Waals surface area contributed by atoms with E-state index < -0.39 is 0 Å². The lowest BCUT2D eigenvalue weighted by Gasteiger charge is -2.33. The van der Waals surface area contributed by atoms with Gasteiger partial charge in [0, 0.05) is 26.2 Å². The van der Waals surface area contributed by atoms with Crippen LogP contribution < -0.4 is 0 Å². The molecule has 104 valence electrons. The van der Waals surface area contributed by atoms with Gasteiger partial charge in [-0.2, -0.15) is 0 Å². The quantitative estimate of drug-likeness (QED) is 0.822. The van der Waals surface area contributed by atoms with Crippen molar-refractivity contribution in [3.05, 3.63) is 34.9 Å². The Bertz CT molecular complexity index is 421. The average molecular weight is 258 g/mol. The van der Waals surface area contributed by atoms with Crippen LogP contribution in [0.2, 0.25) is 0 Å². The van der Waals surface area contributed by atoms with Crippen molar-refractivity contribution >= 4 is 0 Å². The summed E-state index contributed by atoms with van der Waals surface area (Å²) in [7, 11) is 0. The molecule has 1 saturated heterocycles. The molecule has 2 heteroatoms. The highest BCUT2D eigenvalue weighted by Gasteiger charge is 2.18. The van der Waals surface area contributed by atoms with Crippen molar-refractivity contribution in [3.63, 3.8) is 0 Å². The van der Waals surface area contributed by atoms with Gasteiger partial charge in [-0.15, -0.1) is 0 Å². The van der Waals surface area contributed by atoms with Crippen LogP contribution in [0, 0.1) is 6.92 Å². The Labute approximate surface area is 117 Å². The van der Waals surface area contributed by atoms with E-state index in [0.29, 0.717) is 0 Å². The van der Waals surface area contributed by atoms with Gasteiger partial charge in [-0.1, -0.05) is 24.6 Å². The largest absolute Gasteiger partial charge is 0.302 e. The molecular formula is C17H26N2. The molecule has 0 spiro atoms. The summed E-state index contributed by atoms with van der Waals surface area (Å²) in [4.78, 5) is 5.28. The molecule has 0 radical (unpaired) electrons. The van der Waals surface area contributed by atoms with E-state index in [1.54, 1.807) is 11.1 Å². The fraction of sp³-hybridized carbons (Fsp3) is 0.647. The van der Waals surface area contributed by atoms with Crippen LogP contribution in [0.15, 0.2) is 18.2 Å². The fourth-order valence-corrected chi connectivity index (χ4v) is 3.52. The van der Waals surface area contributed by atoms with Crippen LogP contribution in [0.25, 0.3) is 0 Å². The number of fused-ring (bicyclic) bond motifs is 1. The summed E-state index contributed by atoms with van der Waals surface area (Å²) in [5.74, 6) is 0. The minimum Gasteiger partial charge on any atom is -0.302 e. The summed E-state index contributed by atoms with van der Waals surface area (Å²) in [6.45, 7) is 9.81. The van der Waals surface area contributed by atoms with Gasteiger partial charge in [0.1, 0.15) is 0 Å². The molecule has 1 fully saturated rings. The number of piperidine rings is 1. The van der Waals surface area contributed by atoms with Crippen molar-refractivity contribution in [2.75, 3.05) is 32.7 Å². The molecule has 3 rings (SSSR count). The second-order valence-electron chi connectivity index (χ2n) is 6.14. The molecule has 2 aliphatic heterocycles. The summed E-state index contributed by atoms with van der Waals surface area (Å²) < 4.78 is 0. The van der Waals surface area contributed by atoms with Gasteiger partial charge in [-0.05, 0) is 56.0 Å². The summed E-state index contributed by atoms with van der Waals surface area (Å²) >= 11 is 0. The molecule has 2 nitrogen and oxygen atoms in total. The smallest absolute Gasteiger partial charge is 0.0237 e. The maximum atomic E-state index is 2.65. The van der Waals surface area contributed by atoms with E-state index in [1.165, 1.54) is 64.0 Å². The zero-order valence-corrected chi connectivity index (χ0v) is 12.2. The van der Waals surface area contributed by atoms with Crippen LogP contribution in [0.3, 0.4) is 0 Å².